The van der Waals surface area contributed by atoms with Crippen LogP contribution in [0.4, 0.5) is 0 Å². The summed E-state index contributed by atoms with van der Waals surface area (Å²) in [6.07, 6.45) is 1.10. The third-order valence-corrected chi connectivity index (χ3v) is 2.82. The van der Waals surface area contributed by atoms with Crippen molar-refractivity contribution in [2.45, 2.75) is 26.4 Å². The number of hydrogen-bond donors (Lipinski definition) is 0. The van der Waals surface area contributed by atoms with Crippen LogP contribution in [-0.2, 0) is 22.6 Å². The molecular formula is C16H18O3. The Labute approximate surface area is 113 Å². The molecule has 1 aromatic carbocycles. The van der Waals surface area contributed by atoms with E-state index in [1.54, 1.807) is 0 Å². The molecule has 0 radical (unpaired) electrons. The van der Waals surface area contributed by atoms with Crippen molar-refractivity contribution in [2.75, 3.05) is 6.61 Å². The molecule has 0 amide bonds. The molecule has 1 aromatic heterocycles. The highest BCUT2D eigenvalue weighted by Crippen LogP contribution is 2.09. The van der Waals surface area contributed by atoms with Gasteiger partial charge in [0.1, 0.15) is 18.1 Å². The zero-order valence-corrected chi connectivity index (χ0v) is 11.1. The van der Waals surface area contributed by atoms with E-state index in [4.69, 9.17) is 9.15 Å². The van der Waals surface area contributed by atoms with E-state index in [1.165, 1.54) is 0 Å². The molecule has 0 aliphatic carbocycles. The van der Waals surface area contributed by atoms with Crippen LogP contribution >= 0.6 is 0 Å². The lowest BCUT2D eigenvalue weighted by atomic mass is 10.2. The minimum absolute atomic E-state index is 0.102. The molecular weight excluding hydrogens is 240 g/mol. The third kappa shape index (κ3) is 4.72. The largest absolute Gasteiger partial charge is 0.466 e. The number of Topliss-reactive ketones (excluding diaryl/α,β-unsaturated/α-hetero) is 1. The fourth-order valence-corrected chi connectivity index (χ4v) is 1.81. The van der Waals surface area contributed by atoms with Crippen molar-refractivity contribution in [1.29, 1.82) is 0 Å². The molecule has 3 nitrogen and oxygen atoms in total. The van der Waals surface area contributed by atoms with Crippen LogP contribution in [0.5, 0.6) is 0 Å². The molecule has 0 saturated carbocycles. The van der Waals surface area contributed by atoms with Crippen LogP contribution in [0, 0.1) is 6.92 Å². The zero-order valence-electron chi connectivity index (χ0n) is 11.1. The average Bonchev–Trinajstić information content (AvgIpc) is 2.83. The second kappa shape index (κ2) is 6.90. The summed E-state index contributed by atoms with van der Waals surface area (Å²) in [5.41, 5.74) is 1.08. The number of ether oxygens (including phenoxy) is 1. The Morgan fingerprint density at radius 1 is 1.16 bits per heavy atom. The maximum Gasteiger partial charge on any atom is 0.158 e. The van der Waals surface area contributed by atoms with Crippen molar-refractivity contribution in [3.05, 3.63) is 59.5 Å². The maximum atomic E-state index is 11.6. The topological polar surface area (TPSA) is 39.4 Å². The first kappa shape index (κ1) is 13.6. The van der Waals surface area contributed by atoms with Crippen LogP contribution in [-0.4, -0.2) is 12.4 Å². The van der Waals surface area contributed by atoms with Gasteiger partial charge in [-0.05, 0) is 24.6 Å². The van der Waals surface area contributed by atoms with Crippen molar-refractivity contribution in [2.24, 2.45) is 0 Å². The van der Waals surface area contributed by atoms with Crippen LogP contribution in [0.15, 0.2) is 46.9 Å². The molecule has 19 heavy (non-hydrogen) atoms. The molecule has 0 aliphatic rings. The van der Waals surface area contributed by atoms with Crippen molar-refractivity contribution >= 4 is 5.78 Å². The van der Waals surface area contributed by atoms with Gasteiger partial charge in [-0.1, -0.05) is 30.3 Å². The fourth-order valence-electron chi connectivity index (χ4n) is 1.81. The summed E-state index contributed by atoms with van der Waals surface area (Å²) in [5, 5.41) is 0. The lowest BCUT2D eigenvalue weighted by Crippen LogP contribution is -2.09. The summed E-state index contributed by atoms with van der Waals surface area (Å²) >= 11 is 0. The molecule has 0 spiro atoms. The van der Waals surface area contributed by atoms with Crippen LogP contribution in [0.1, 0.15) is 23.5 Å². The number of furan rings is 1. The van der Waals surface area contributed by atoms with Crippen LogP contribution in [0.3, 0.4) is 0 Å². The van der Waals surface area contributed by atoms with Crippen LogP contribution < -0.4 is 0 Å². The SMILES string of the molecule is Cc1ccc(CCC(=O)COCc2ccccc2)o1. The number of carbonyl (C=O) groups excluding carboxylic acids is 1. The van der Waals surface area contributed by atoms with Gasteiger partial charge >= 0.3 is 0 Å². The molecule has 2 aromatic rings. The summed E-state index contributed by atoms with van der Waals surface area (Å²) in [6, 6.07) is 13.7. The second-order valence-electron chi connectivity index (χ2n) is 4.53. The monoisotopic (exact) mass is 258 g/mol. The molecule has 0 bridgehead atoms. The second-order valence-corrected chi connectivity index (χ2v) is 4.53. The molecule has 0 aliphatic heterocycles. The van der Waals surface area contributed by atoms with Gasteiger partial charge in [0.2, 0.25) is 0 Å². The molecule has 3 heteroatoms. The van der Waals surface area contributed by atoms with Crippen molar-refractivity contribution in [3.8, 4) is 0 Å². The Morgan fingerprint density at radius 2 is 1.95 bits per heavy atom. The summed E-state index contributed by atoms with van der Waals surface area (Å²) in [4.78, 5) is 11.6. The van der Waals surface area contributed by atoms with Gasteiger partial charge in [-0.25, -0.2) is 0 Å². The summed E-state index contributed by atoms with van der Waals surface area (Å²) in [6.45, 7) is 2.54. The molecule has 2 rings (SSSR count). The van der Waals surface area contributed by atoms with E-state index in [1.807, 2.05) is 49.4 Å². The van der Waals surface area contributed by atoms with Gasteiger partial charge in [-0.2, -0.15) is 0 Å². The molecule has 0 saturated heterocycles. The summed E-state index contributed by atoms with van der Waals surface area (Å²) < 4.78 is 10.8. The molecule has 0 atom stereocenters. The molecule has 0 fully saturated rings. The normalized spacial score (nSPS) is 10.6. The highest BCUT2D eigenvalue weighted by atomic mass is 16.5. The Bertz CT molecular complexity index is 514. The number of benzene rings is 1. The molecule has 0 unspecified atom stereocenters. The minimum atomic E-state index is 0.102. The molecule has 100 valence electrons. The highest BCUT2D eigenvalue weighted by Gasteiger charge is 2.05. The van der Waals surface area contributed by atoms with Gasteiger partial charge in [0, 0.05) is 12.8 Å². The molecule has 0 N–H and O–H groups in total. The van der Waals surface area contributed by atoms with E-state index in [2.05, 4.69) is 0 Å². The average molecular weight is 258 g/mol. The lowest BCUT2D eigenvalue weighted by Gasteiger charge is -2.03. The Balaban J connectivity index is 1.65. The predicted molar refractivity (Wildman–Crippen MR) is 72.9 cm³/mol. The van der Waals surface area contributed by atoms with E-state index in [9.17, 15) is 4.79 Å². The first-order chi connectivity index (χ1) is 9.24. The maximum absolute atomic E-state index is 11.6. The van der Waals surface area contributed by atoms with E-state index in [-0.39, 0.29) is 12.4 Å². The van der Waals surface area contributed by atoms with Gasteiger partial charge in [0.05, 0.1) is 6.61 Å². The van der Waals surface area contributed by atoms with Gasteiger partial charge < -0.3 is 9.15 Å². The van der Waals surface area contributed by atoms with Gasteiger partial charge in [0.25, 0.3) is 0 Å². The highest BCUT2D eigenvalue weighted by molar-refractivity contribution is 5.79. The number of ketones is 1. The van der Waals surface area contributed by atoms with Gasteiger partial charge in [0.15, 0.2) is 5.78 Å². The summed E-state index contributed by atoms with van der Waals surface area (Å²) in [5.74, 6) is 1.83. The number of rotatable bonds is 7. The number of carbonyl (C=O) groups is 1. The fraction of sp³-hybridized carbons (Fsp3) is 0.312. The van der Waals surface area contributed by atoms with E-state index < -0.39 is 0 Å². The quantitative estimate of drug-likeness (QED) is 0.765. The zero-order chi connectivity index (χ0) is 13.5. The number of aryl methyl sites for hydroxylation is 2. The van der Waals surface area contributed by atoms with E-state index in [0.717, 1.165) is 17.1 Å². The smallest absolute Gasteiger partial charge is 0.158 e. The Kier molecular flexibility index (Phi) is 4.93. The molecule has 1 heterocycles. The number of hydrogen-bond acceptors (Lipinski definition) is 3. The summed E-state index contributed by atoms with van der Waals surface area (Å²) in [7, 11) is 0. The van der Waals surface area contributed by atoms with Gasteiger partial charge in [-0.3, -0.25) is 4.79 Å². The first-order valence-corrected chi connectivity index (χ1v) is 6.43. The van der Waals surface area contributed by atoms with Gasteiger partial charge in [-0.15, -0.1) is 0 Å². The Hall–Kier alpha value is -1.87. The van der Waals surface area contributed by atoms with Crippen molar-refractivity contribution in [1.82, 2.24) is 0 Å². The van der Waals surface area contributed by atoms with Crippen LogP contribution in [0.2, 0.25) is 0 Å². The minimum Gasteiger partial charge on any atom is -0.466 e. The standard InChI is InChI=1S/C16H18O3/c1-13-7-9-16(19-13)10-8-15(17)12-18-11-14-5-3-2-4-6-14/h2-7,9H,8,10-12H2,1H3. The van der Waals surface area contributed by atoms with E-state index >= 15 is 0 Å². The lowest BCUT2D eigenvalue weighted by molar-refractivity contribution is -0.124. The first-order valence-electron chi connectivity index (χ1n) is 6.43. The predicted octanol–water partition coefficient (Wildman–Crippen LogP) is 3.31. The van der Waals surface area contributed by atoms with Crippen LogP contribution in [0.25, 0.3) is 0 Å². The van der Waals surface area contributed by atoms with E-state index in [0.29, 0.717) is 19.4 Å². The van der Waals surface area contributed by atoms with Crippen molar-refractivity contribution in [3.63, 3.8) is 0 Å². The Morgan fingerprint density at radius 3 is 2.63 bits per heavy atom. The third-order valence-electron chi connectivity index (χ3n) is 2.82. The van der Waals surface area contributed by atoms with Crippen molar-refractivity contribution < 1.29 is 13.9 Å².